The molecule has 0 fully saturated rings. The Morgan fingerprint density at radius 1 is 1.07 bits per heavy atom. The molecule has 0 aromatic carbocycles. The highest BCUT2D eigenvalue weighted by molar-refractivity contribution is 5.54. The second-order valence-corrected chi connectivity index (χ2v) is 6.93. The van der Waals surface area contributed by atoms with E-state index in [9.17, 15) is 0 Å². The first-order valence-corrected chi connectivity index (χ1v) is 9.18. The lowest BCUT2D eigenvalue weighted by Gasteiger charge is -2.27. The summed E-state index contributed by atoms with van der Waals surface area (Å²) < 4.78 is 2.15. The van der Waals surface area contributed by atoms with Crippen LogP contribution in [0.3, 0.4) is 0 Å². The summed E-state index contributed by atoms with van der Waals surface area (Å²) in [5.41, 5.74) is 5.62. The van der Waals surface area contributed by atoms with Crippen LogP contribution in [0.5, 0.6) is 0 Å². The predicted octanol–water partition coefficient (Wildman–Crippen LogP) is 3.05. The van der Waals surface area contributed by atoms with Crippen molar-refractivity contribution in [3.05, 3.63) is 77.9 Å². The molecule has 0 bridgehead atoms. The van der Waals surface area contributed by atoms with E-state index < -0.39 is 0 Å². The van der Waals surface area contributed by atoms with Crippen LogP contribution in [0.2, 0.25) is 0 Å². The van der Waals surface area contributed by atoms with E-state index >= 15 is 0 Å². The SMILES string of the molecule is Cc1nc(CN2CCc3nc(-c4cccnc4)ncc3C2)c2ccccn12. The normalized spacial score (nSPS) is 14.4. The molecule has 0 saturated carbocycles. The van der Waals surface area contributed by atoms with Crippen LogP contribution in [0.4, 0.5) is 0 Å². The van der Waals surface area contributed by atoms with Crippen molar-refractivity contribution in [1.82, 2.24) is 29.2 Å². The zero-order chi connectivity index (χ0) is 18.2. The summed E-state index contributed by atoms with van der Waals surface area (Å²) in [6, 6.07) is 10.2. The lowest BCUT2D eigenvalue weighted by Crippen LogP contribution is -2.31. The third-order valence-corrected chi connectivity index (χ3v) is 5.11. The quantitative estimate of drug-likeness (QED) is 0.565. The van der Waals surface area contributed by atoms with Crippen molar-refractivity contribution in [3.8, 4) is 11.4 Å². The van der Waals surface area contributed by atoms with Gasteiger partial charge in [-0.2, -0.15) is 0 Å². The third-order valence-electron chi connectivity index (χ3n) is 5.11. The fourth-order valence-corrected chi connectivity index (χ4v) is 3.74. The van der Waals surface area contributed by atoms with Crippen LogP contribution in [0.15, 0.2) is 55.1 Å². The molecule has 4 aromatic rings. The van der Waals surface area contributed by atoms with Crippen LogP contribution < -0.4 is 0 Å². The van der Waals surface area contributed by atoms with Gasteiger partial charge in [-0.05, 0) is 31.2 Å². The zero-order valence-corrected chi connectivity index (χ0v) is 15.2. The van der Waals surface area contributed by atoms with Gasteiger partial charge in [-0.25, -0.2) is 15.0 Å². The molecule has 0 unspecified atom stereocenters. The summed E-state index contributed by atoms with van der Waals surface area (Å²) in [5.74, 6) is 1.79. The Labute approximate surface area is 157 Å². The molecule has 6 nitrogen and oxygen atoms in total. The van der Waals surface area contributed by atoms with E-state index in [0.29, 0.717) is 0 Å². The predicted molar refractivity (Wildman–Crippen MR) is 103 cm³/mol. The van der Waals surface area contributed by atoms with Crippen molar-refractivity contribution in [2.75, 3.05) is 6.54 Å². The maximum Gasteiger partial charge on any atom is 0.160 e. The molecule has 5 heterocycles. The summed E-state index contributed by atoms with van der Waals surface area (Å²) in [6.45, 7) is 4.72. The largest absolute Gasteiger partial charge is 0.304 e. The monoisotopic (exact) mass is 356 g/mol. The standard InChI is InChI=1S/C21H20N6/c1-15-24-19(20-6-2-3-9-27(15)20)14-26-10-7-18-17(13-26)12-23-21(25-18)16-5-4-8-22-11-16/h2-6,8-9,11-12H,7,10,13-14H2,1H3. The summed E-state index contributed by atoms with van der Waals surface area (Å²) in [6.07, 6.45) is 8.54. The molecule has 27 heavy (non-hydrogen) atoms. The minimum Gasteiger partial charge on any atom is -0.304 e. The van der Waals surface area contributed by atoms with E-state index in [2.05, 4.69) is 44.5 Å². The van der Waals surface area contributed by atoms with E-state index in [-0.39, 0.29) is 0 Å². The Kier molecular flexibility index (Phi) is 3.90. The molecular formula is C21H20N6. The van der Waals surface area contributed by atoms with Crippen LogP contribution in [0.1, 0.15) is 22.8 Å². The van der Waals surface area contributed by atoms with Crippen LogP contribution in [-0.4, -0.2) is 35.8 Å². The first kappa shape index (κ1) is 16.1. The van der Waals surface area contributed by atoms with Crippen molar-refractivity contribution < 1.29 is 0 Å². The Morgan fingerprint density at radius 2 is 2.04 bits per heavy atom. The van der Waals surface area contributed by atoms with Crippen LogP contribution in [0.25, 0.3) is 16.9 Å². The minimum absolute atomic E-state index is 0.756. The second-order valence-electron chi connectivity index (χ2n) is 6.93. The van der Waals surface area contributed by atoms with Crippen molar-refractivity contribution in [2.45, 2.75) is 26.4 Å². The second kappa shape index (κ2) is 6.55. The van der Waals surface area contributed by atoms with Crippen LogP contribution >= 0.6 is 0 Å². The molecule has 0 atom stereocenters. The molecule has 134 valence electrons. The Balaban J connectivity index is 1.38. The highest BCUT2D eigenvalue weighted by Crippen LogP contribution is 2.23. The van der Waals surface area contributed by atoms with Gasteiger partial charge in [0.25, 0.3) is 0 Å². The number of pyridine rings is 2. The number of hydrogen-bond acceptors (Lipinski definition) is 5. The Bertz CT molecular complexity index is 1100. The van der Waals surface area contributed by atoms with Crippen molar-refractivity contribution >= 4 is 5.52 Å². The summed E-state index contributed by atoms with van der Waals surface area (Å²) in [4.78, 5) is 20.7. The van der Waals surface area contributed by atoms with Gasteiger partial charge in [0.05, 0.1) is 16.9 Å². The van der Waals surface area contributed by atoms with E-state index in [0.717, 1.165) is 54.7 Å². The lowest BCUT2D eigenvalue weighted by atomic mass is 10.1. The lowest BCUT2D eigenvalue weighted by molar-refractivity contribution is 0.241. The molecule has 5 rings (SSSR count). The van der Waals surface area contributed by atoms with E-state index in [1.165, 1.54) is 11.1 Å². The molecule has 1 aliphatic heterocycles. The molecule has 6 heteroatoms. The first-order valence-electron chi connectivity index (χ1n) is 9.18. The van der Waals surface area contributed by atoms with E-state index in [1.807, 2.05) is 30.6 Å². The highest BCUT2D eigenvalue weighted by atomic mass is 15.2. The topological polar surface area (TPSA) is 59.2 Å². The molecule has 1 aliphatic rings. The average molecular weight is 356 g/mol. The van der Waals surface area contributed by atoms with Gasteiger partial charge in [-0.3, -0.25) is 9.88 Å². The molecule has 0 N–H and O–H groups in total. The Hall–Kier alpha value is -3.12. The van der Waals surface area contributed by atoms with Gasteiger partial charge in [0.15, 0.2) is 5.82 Å². The summed E-state index contributed by atoms with van der Waals surface area (Å²) >= 11 is 0. The van der Waals surface area contributed by atoms with Crippen LogP contribution in [-0.2, 0) is 19.5 Å². The smallest absolute Gasteiger partial charge is 0.160 e. The molecule has 0 spiro atoms. The number of hydrogen-bond donors (Lipinski definition) is 0. The maximum atomic E-state index is 4.78. The molecule has 0 saturated heterocycles. The van der Waals surface area contributed by atoms with Crippen LogP contribution in [0, 0.1) is 6.92 Å². The van der Waals surface area contributed by atoms with Gasteiger partial charge in [0, 0.05) is 62.0 Å². The molecule has 0 radical (unpaired) electrons. The fraction of sp³-hybridized carbons (Fsp3) is 0.238. The Morgan fingerprint density at radius 3 is 2.93 bits per heavy atom. The number of fused-ring (bicyclic) bond motifs is 2. The number of aromatic nitrogens is 5. The highest BCUT2D eigenvalue weighted by Gasteiger charge is 2.20. The minimum atomic E-state index is 0.756. The van der Waals surface area contributed by atoms with Gasteiger partial charge >= 0.3 is 0 Å². The molecule has 4 aromatic heterocycles. The number of aryl methyl sites for hydroxylation is 1. The maximum absolute atomic E-state index is 4.78. The third kappa shape index (κ3) is 2.98. The van der Waals surface area contributed by atoms with Gasteiger partial charge in [0.1, 0.15) is 5.82 Å². The number of rotatable bonds is 3. The van der Waals surface area contributed by atoms with Crippen molar-refractivity contribution in [2.24, 2.45) is 0 Å². The molecule has 0 aliphatic carbocycles. The number of imidazole rings is 1. The zero-order valence-electron chi connectivity index (χ0n) is 15.2. The van der Waals surface area contributed by atoms with Gasteiger partial charge in [-0.1, -0.05) is 6.07 Å². The molecule has 0 amide bonds. The average Bonchev–Trinajstić information content (AvgIpc) is 3.04. The molecular weight excluding hydrogens is 336 g/mol. The van der Waals surface area contributed by atoms with Gasteiger partial charge < -0.3 is 4.40 Å². The van der Waals surface area contributed by atoms with Crippen molar-refractivity contribution in [1.29, 1.82) is 0 Å². The van der Waals surface area contributed by atoms with Crippen molar-refractivity contribution in [3.63, 3.8) is 0 Å². The fourth-order valence-electron chi connectivity index (χ4n) is 3.74. The summed E-state index contributed by atoms with van der Waals surface area (Å²) in [7, 11) is 0. The van der Waals surface area contributed by atoms with Gasteiger partial charge in [-0.15, -0.1) is 0 Å². The number of nitrogens with zero attached hydrogens (tertiary/aromatic N) is 6. The summed E-state index contributed by atoms with van der Waals surface area (Å²) in [5, 5.41) is 0. The van der Waals surface area contributed by atoms with Gasteiger partial charge in [0.2, 0.25) is 0 Å². The van der Waals surface area contributed by atoms with E-state index in [1.54, 1.807) is 6.20 Å². The van der Waals surface area contributed by atoms with E-state index in [4.69, 9.17) is 9.97 Å². The first-order chi connectivity index (χ1) is 13.3.